The van der Waals surface area contributed by atoms with E-state index in [9.17, 15) is 14.7 Å². The number of nitrogens with one attached hydrogen (secondary N) is 1. The Morgan fingerprint density at radius 2 is 1.96 bits per heavy atom. The molecule has 0 bridgehead atoms. The molecule has 1 aromatic carbocycles. The number of aliphatic hydroxyl groups is 1. The zero-order valence-corrected chi connectivity index (χ0v) is 12.9. The van der Waals surface area contributed by atoms with Gasteiger partial charge >= 0.3 is 5.97 Å². The van der Waals surface area contributed by atoms with Crippen molar-refractivity contribution in [1.29, 1.82) is 0 Å². The van der Waals surface area contributed by atoms with Crippen molar-refractivity contribution in [3.8, 4) is 0 Å². The van der Waals surface area contributed by atoms with Gasteiger partial charge in [0.15, 0.2) is 6.04 Å². The summed E-state index contributed by atoms with van der Waals surface area (Å²) >= 11 is 0. The lowest BCUT2D eigenvalue weighted by Crippen LogP contribution is -2.49. The first-order valence-corrected chi connectivity index (χ1v) is 7.60. The number of carbonyl (C=O) groups excluding carboxylic acids is 2. The summed E-state index contributed by atoms with van der Waals surface area (Å²) in [6, 6.07) is 8.17. The van der Waals surface area contributed by atoms with Crippen molar-refractivity contribution < 1.29 is 24.2 Å². The lowest BCUT2D eigenvalue weighted by Gasteiger charge is -2.26. The normalized spacial score (nSPS) is 16.6. The van der Waals surface area contributed by atoms with Crippen LogP contribution in [0.4, 0.5) is 0 Å². The molecule has 0 unspecified atom stereocenters. The van der Waals surface area contributed by atoms with Crippen LogP contribution in [0.25, 0.3) is 0 Å². The first-order valence-electron chi connectivity index (χ1n) is 7.60. The monoisotopic (exact) mass is 322 g/mol. The summed E-state index contributed by atoms with van der Waals surface area (Å²) in [5.74, 6) is -0.964. The van der Waals surface area contributed by atoms with Gasteiger partial charge in [-0.25, -0.2) is 4.79 Å². The first kappa shape index (κ1) is 17.4. The largest absolute Gasteiger partial charge is 0.459 e. The maximum Gasteiger partial charge on any atom is 0.331 e. The van der Waals surface area contributed by atoms with Crippen LogP contribution in [-0.2, 0) is 25.7 Å². The van der Waals surface area contributed by atoms with Gasteiger partial charge in [0.25, 0.3) is 0 Å². The number of esters is 1. The second kappa shape index (κ2) is 9.24. The minimum Gasteiger partial charge on any atom is -0.459 e. The van der Waals surface area contributed by atoms with Crippen LogP contribution in [0.3, 0.4) is 0 Å². The van der Waals surface area contributed by atoms with E-state index in [-0.39, 0.29) is 19.1 Å². The van der Waals surface area contributed by atoms with E-state index < -0.39 is 18.6 Å². The van der Waals surface area contributed by atoms with Gasteiger partial charge in [-0.05, 0) is 5.56 Å². The van der Waals surface area contributed by atoms with Crippen LogP contribution in [0, 0.1) is 0 Å². The molecule has 7 nitrogen and oxygen atoms in total. The van der Waals surface area contributed by atoms with Crippen LogP contribution in [0.2, 0.25) is 0 Å². The molecule has 0 aliphatic carbocycles. The van der Waals surface area contributed by atoms with Crippen molar-refractivity contribution in [3.05, 3.63) is 35.9 Å². The van der Waals surface area contributed by atoms with Crippen molar-refractivity contribution in [3.63, 3.8) is 0 Å². The summed E-state index contributed by atoms with van der Waals surface area (Å²) in [6.07, 6.45) is 0. The van der Waals surface area contributed by atoms with E-state index in [0.717, 1.165) is 5.56 Å². The number of benzene rings is 1. The van der Waals surface area contributed by atoms with Gasteiger partial charge < -0.3 is 19.9 Å². The number of carbonyl (C=O) groups is 2. The standard InChI is InChI=1S/C16H22N2O5/c19-11-14(16(21)23-12-13-4-2-1-3-5-13)17-15(20)10-18-6-8-22-9-7-18/h1-5,14,19H,6-12H2,(H,17,20)/t14-/m0/s1. The van der Waals surface area contributed by atoms with Gasteiger partial charge in [0.1, 0.15) is 6.61 Å². The van der Waals surface area contributed by atoms with Gasteiger partial charge in [-0.3, -0.25) is 9.69 Å². The molecule has 1 amide bonds. The third-order valence-corrected chi connectivity index (χ3v) is 3.50. The fourth-order valence-electron chi connectivity index (χ4n) is 2.21. The van der Waals surface area contributed by atoms with Crippen molar-refractivity contribution in [2.45, 2.75) is 12.6 Å². The average molecular weight is 322 g/mol. The molecule has 7 heteroatoms. The molecule has 23 heavy (non-hydrogen) atoms. The van der Waals surface area contributed by atoms with Gasteiger partial charge in [-0.15, -0.1) is 0 Å². The van der Waals surface area contributed by atoms with Gasteiger partial charge in [-0.1, -0.05) is 30.3 Å². The van der Waals surface area contributed by atoms with Gasteiger partial charge in [0, 0.05) is 13.1 Å². The minimum absolute atomic E-state index is 0.107. The molecule has 1 atom stereocenters. The third kappa shape index (κ3) is 5.97. The highest BCUT2D eigenvalue weighted by molar-refractivity contribution is 5.85. The predicted octanol–water partition coefficient (Wildman–Crippen LogP) is -0.461. The maximum atomic E-state index is 11.9. The van der Waals surface area contributed by atoms with Crippen molar-refractivity contribution in [2.24, 2.45) is 0 Å². The predicted molar refractivity (Wildman–Crippen MR) is 82.5 cm³/mol. The number of nitrogens with zero attached hydrogens (tertiary/aromatic N) is 1. The molecule has 2 N–H and O–H groups in total. The van der Waals surface area contributed by atoms with Crippen LogP contribution in [-0.4, -0.2) is 67.4 Å². The zero-order chi connectivity index (χ0) is 16.5. The van der Waals surface area contributed by atoms with Crippen LogP contribution in [0.1, 0.15) is 5.56 Å². The van der Waals surface area contributed by atoms with Gasteiger partial charge in [-0.2, -0.15) is 0 Å². The molecule has 0 saturated carbocycles. The van der Waals surface area contributed by atoms with E-state index in [4.69, 9.17) is 9.47 Å². The molecular formula is C16H22N2O5. The Morgan fingerprint density at radius 1 is 1.26 bits per heavy atom. The molecule has 2 rings (SSSR count). The molecule has 1 aromatic rings. The molecular weight excluding hydrogens is 300 g/mol. The maximum absolute atomic E-state index is 11.9. The molecule has 0 aromatic heterocycles. The number of amides is 1. The van der Waals surface area contributed by atoms with Crippen molar-refractivity contribution in [1.82, 2.24) is 10.2 Å². The topological polar surface area (TPSA) is 88.1 Å². The van der Waals surface area contributed by atoms with E-state index in [1.54, 1.807) is 0 Å². The minimum atomic E-state index is -1.05. The van der Waals surface area contributed by atoms with E-state index in [0.29, 0.717) is 26.3 Å². The van der Waals surface area contributed by atoms with E-state index >= 15 is 0 Å². The number of hydrogen-bond acceptors (Lipinski definition) is 6. The Balaban J connectivity index is 1.76. The summed E-state index contributed by atoms with van der Waals surface area (Å²) < 4.78 is 10.3. The second-order valence-electron chi connectivity index (χ2n) is 5.28. The Bertz CT molecular complexity index is 502. The molecule has 1 fully saturated rings. The average Bonchev–Trinajstić information content (AvgIpc) is 2.59. The SMILES string of the molecule is O=C(CN1CCOCC1)N[C@@H](CO)C(=O)OCc1ccccc1. The van der Waals surface area contributed by atoms with Crippen molar-refractivity contribution >= 4 is 11.9 Å². The van der Waals surface area contributed by atoms with Crippen LogP contribution in [0.5, 0.6) is 0 Å². The summed E-state index contributed by atoms with van der Waals surface area (Å²) in [6.45, 7) is 2.32. The number of hydrogen-bond donors (Lipinski definition) is 2. The van der Waals surface area contributed by atoms with Gasteiger partial charge in [0.2, 0.25) is 5.91 Å². The molecule has 1 saturated heterocycles. The zero-order valence-electron chi connectivity index (χ0n) is 12.9. The summed E-state index contributed by atoms with van der Waals surface area (Å²) in [5, 5.41) is 11.8. The highest BCUT2D eigenvalue weighted by Gasteiger charge is 2.23. The fourth-order valence-corrected chi connectivity index (χ4v) is 2.21. The number of ether oxygens (including phenoxy) is 2. The van der Waals surface area contributed by atoms with Crippen LogP contribution in [0.15, 0.2) is 30.3 Å². The molecule has 1 aliphatic heterocycles. The fraction of sp³-hybridized carbons (Fsp3) is 0.500. The Kier molecular flexibility index (Phi) is 6.99. The molecule has 1 aliphatic rings. The van der Waals surface area contributed by atoms with Crippen molar-refractivity contribution in [2.75, 3.05) is 39.5 Å². The third-order valence-electron chi connectivity index (χ3n) is 3.50. The Labute approximate surface area is 135 Å². The summed E-state index contributed by atoms with van der Waals surface area (Å²) in [5.41, 5.74) is 0.845. The van der Waals surface area contributed by atoms with E-state index in [1.807, 2.05) is 35.2 Å². The van der Waals surface area contributed by atoms with E-state index in [1.165, 1.54) is 0 Å². The number of aliphatic hydroxyl groups excluding tert-OH is 1. The molecule has 126 valence electrons. The number of rotatable bonds is 7. The number of morpholine rings is 1. The highest BCUT2D eigenvalue weighted by atomic mass is 16.5. The molecule has 1 heterocycles. The van der Waals surface area contributed by atoms with Crippen LogP contribution < -0.4 is 5.32 Å². The highest BCUT2D eigenvalue weighted by Crippen LogP contribution is 2.02. The lowest BCUT2D eigenvalue weighted by molar-refractivity contribution is -0.150. The van der Waals surface area contributed by atoms with E-state index in [2.05, 4.69) is 5.32 Å². The molecule has 0 spiro atoms. The Hall–Kier alpha value is -1.96. The molecule has 0 radical (unpaired) electrons. The van der Waals surface area contributed by atoms with Crippen LogP contribution >= 0.6 is 0 Å². The lowest BCUT2D eigenvalue weighted by atomic mass is 10.2. The summed E-state index contributed by atoms with van der Waals surface area (Å²) in [7, 11) is 0. The van der Waals surface area contributed by atoms with Gasteiger partial charge in [0.05, 0.1) is 26.4 Å². The first-order chi connectivity index (χ1) is 11.2. The smallest absolute Gasteiger partial charge is 0.331 e. The Morgan fingerprint density at radius 3 is 2.61 bits per heavy atom. The quantitative estimate of drug-likeness (QED) is 0.661. The summed E-state index contributed by atoms with van der Waals surface area (Å²) in [4.78, 5) is 25.8. The second-order valence-corrected chi connectivity index (χ2v) is 5.28.